The van der Waals surface area contributed by atoms with E-state index in [1.807, 2.05) is 24.3 Å². The Kier molecular flexibility index (Phi) is 8.17. The van der Waals surface area contributed by atoms with Gasteiger partial charge in [-0.05, 0) is 73.0 Å². The highest BCUT2D eigenvalue weighted by atomic mass is 19.1. The van der Waals surface area contributed by atoms with Crippen LogP contribution in [0.2, 0.25) is 0 Å². The Morgan fingerprint density at radius 2 is 1.91 bits per heavy atom. The van der Waals surface area contributed by atoms with Crippen LogP contribution in [0.25, 0.3) is 11.3 Å². The van der Waals surface area contributed by atoms with E-state index < -0.39 is 0 Å². The number of nitrogens with zero attached hydrogens (tertiary/aromatic N) is 2. The summed E-state index contributed by atoms with van der Waals surface area (Å²) in [6.45, 7) is 1.96. The highest BCUT2D eigenvalue weighted by Gasteiger charge is 2.28. The number of rotatable bonds is 9. The molecule has 7 nitrogen and oxygen atoms in total. The SMILES string of the molecule is COCC(N)=C(C1=NC(CN2CCC[C@H]2CO)C=C(c2ccc(F)cc2)N1)c1ccc(OC)cc1. The van der Waals surface area contributed by atoms with Crippen molar-refractivity contribution in [2.24, 2.45) is 10.7 Å². The molecule has 0 aliphatic carbocycles. The van der Waals surface area contributed by atoms with Crippen molar-refractivity contribution in [3.63, 3.8) is 0 Å². The van der Waals surface area contributed by atoms with Crippen LogP contribution in [0, 0.1) is 5.82 Å². The summed E-state index contributed by atoms with van der Waals surface area (Å²) in [5.74, 6) is 1.07. The van der Waals surface area contributed by atoms with Gasteiger partial charge in [0.15, 0.2) is 0 Å². The largest absolute Gasteiger partial charge is 0.497 e. The van der Waals surface area contributed by atoms with Crippen LogP contribution in [-0.4, -0.2) is 68.4 Å². The van der Waals surface area contributed by atoms with Gasteiger partial charge in [-0.25, -0.2) is 4.39 Å². The number of benzene rings is 2. The third kappa shape index (κ3) is 5.90. The molecule has 2 aliphatic rings. The van der Waals surface area contributed by atoms with E-state index in [1.54, 1.807) is 26.4 Å². The molecule has 0 saturated carbocycles. The van der Waals surface area contributed by atoms with Crippen molar-refractivity contribution >= 4 is 17.1 Å². The van der Waals surface area contributed by atoms with Crippen molar-refractivity contribution in [1.82, 2.24) is 10.2 Å². The number of hydrogen-bond donors (Lipinski definition) is 3. The fraction of sp³-hybridized carbons (Fsp3) is 0.370. The van der Waals surface area contributed by atoms with Crippen molar-refractivity contribution < 1.29 is 19.0 Å². The maximum atomic E-state index is 13.6. The molecule has 1 unspecified atom stereocenters. The molecular formula is C27H33FN4O3. The van der Waals surface area contributed by atoms with Crippen LogP contribution < -0.4 is 15.8 Å². The number of aliphatic hydroxyl groups is 1. The number of ether oxygens (including phenoxy) is 2. The Morgan fingerprint density at radius 1 is 1.17 bits per heavy atom. The minimum atomic E-state index is -0.290. The van der Waals surface area contributed by atoms with Crippen molar-refractivity contribution in [2.45, 2.75) is 24.9 Å². The number of aliphatic imine (C=N–C) groups is 1. The summed E-state index contributed by atoms with van der Waals surface area (Å²) >= 11 is 0. The first kappa shape index (κ1) is 24.9. The van der Waals surface area contributed by atoms with E-state index >= 15 is 0 Å². The number of nitrogens with two attached hydrogens (primary N) is 1. The fourth-order valence-corrected chi connectivity index (χ4v) is 4.66. The molecule has 0 spiro atoms. The lowest BCUT2D eigenvalue weighted by molar-refractivity contribution is 0.157. The molecule has 2 aliphatic heterocycles. The lowest BCUT2D eigenvalue weighted by Gasteiger charge is -2.29. The number of likely N-dealkylation sites (tertiary alicyclic amines) is 1. The number of aliphatic hydroxyl groups excluding tert-OH is 1. The predicted octanol–water partition coefficient (Wildman–Crippen LogP) is 3.02. The van der Waals surface area contributed by atoms with Crippen molar-refractivity contribution in [2.75, 3.05) is 40.5 Å². The molecule has 2 heterocycles. The molecule has 0 aromatic heterocycles. The maximum absolute atomic E-state index is 13.6. The topological polar surface area (TPSA) is 92.3 Å². The van der Waals surface area contributed by atoms with Gasteiger partial charge in [-0.1, -0.05) is 12.1 Å². The van der Waals surface area contributed by atoms with Gasteiger partial charge >= 0.3 is 0 Å². The summed E-state index contributed by atoms with van der Waals surface area (Å²) in [5.41, 5.74) is 10.3. The zero-order chi connectivity index (χ0) is 24.8. The third-order valence-corrected chi connectivity index (χ3v) is 6.43. The molecule has 2 aromatic carbocycles. The average molecular weight is 481 g/mol. The van der Waals surface area contributed by atoms with Crippen LogP contribution in [0.5, 0.6) is 5.75 Å². The molecule has 0 radical (unpaired) electrons. The van der Waals surface area contributed by atoms with Crippen LogP contribution in [0.1, 0.15) is 24.0 Å². The van der Waals surface area contributed by atoms with Crippen LogP contribution in [0.3, 0.4) is 0 Å². The first-order chi connectivity index (χ1) is 17.0. The maximum Gasteiger partial charge on any atom is 0.135 e. The molecule has 1 fully saturated rings. The lowest BCUT2D eigenvalue weighted by atomic mass is 9.99. The second kappa shape index (κ2) is 11.5. The quantitative estimate of drug-likeness (QED) is 0.511. The highest BCUT2D eigenvalue weighted by Crippen LogP contribution is 2.27. The zero-order valence-electron chi connectivity index (χ0n) is 20.2. The first-order valence-corrected chi connectivity index (χ1v) is 11.8. The zero-order valence-corrected chi connectivity index (χ0v) is 20.2. The van der Waals surface area contributed by atoms with Gasteiger partial charge in [0, 0.05) is 36.7 Å². The smallest absolute Gasteiger partial charge is 0.135 e. The minimum absolute atomic E-state index is 0.133. The van der Waals surface area contributed by atoms with Crippen molar-refractivity contribution in [1.29, 1.82) is 0 Å². The Hall–Kier alpha value is -3.20. The summed E-state index contributed by atoms with van der Waals surface area (Å²) < 4.78 is 24.3. The van der Waals surface area contributed by atoms with E-state index in [-0.39, 0.29) is 31.1 Å². The normalized spacial score (nSPS) is 21.1. The molecule has 186 valence electrons. The minimum Gasteiger partial charge on any atom is -0.497 e. The van der Waals surface area contributed by atoms with Gasteiger partial charge < -0.3 is 25.6 Å². The number of methoxy groups -OCH3 is 2. The van der Waals surface area contributed by atoms with Gasteiger partial charge in [0.2, 0.25) is 0 Å². The molecule has 2 atom stereocenters. The number of halogens is 1. The van der Waals surface area contributed by atoms with E-state index in [0.29, 0.717) is 18.1 Å². The molecule has 4 N–H and O–H groups in total. The molecule has 1 saturated heterocycles. The first-order valence-electron chi connectivity index (χ1n) is 11.8. The highest BCUT2D eigenvalue weighted by molar-refractivity contribution is 6.26. The number of nitrogens with one attached hydrogen (secondary N) is 1. The van der Waals surface area contributed by atoms with E-state index in [0.717, 1.165) is 47.5 Å². The van der Waals surface area contributed by atoms with E-state index in [4.69, 9.17) is 20.2 Å². The van der Waals surface area contributed by atoms with Crippen molar-refractivity contribution in [3.05, 3.63) is 77.2 Å². The summed E-state index contributed by atoms with van der Waals surface area (Å²) in [4.78, 5) is 7.32. The van der Waals surface area contributed by atoms with E-state index in [9.17, 15) is 9.50 Å². The van der Waals surface area contributed by atoms with Gasteiger partial charge in [-0.3, -0.25) is 9.89 Å². The number of hydrogen-bond acceptors (Lipinski definition) is 7. The Morgan fingerprint density at radius 3 is 2.57 bits per heavy atom. The molecule has 0 amide bonds. The molecule has 4 rings (SSSR count). The Labute approximate surface area is 205 Å². The second-order valence-electron chi connectivity index (χ2n) is 8.79. The van der Waals surface area contributed by atoms with Crippen LogP contribution in [0.4, 0.5) is 4.39 Å². The summed E-state index contributed by atoms with van der Waals surface area (Å²) in [6, 6.07) is 14.0. The molecule has 35 heavy (non-hydrogen) atoms. The Bertz CT molecular complexity index is 1100. The van der Waals surface area contributed by atoms with E-state index in [1.165, 1.54) is 12.1 Å². The summed E-state index contributed by atoms with van der Waals surface area (Å²) in [6.07, 6.45) is 4.09. The van der Waals surface area contributed by atoms with Gasteiger partial charge in [-0.2, -0.15) is 0 Å². The molecule has 2 aromatic rings. The monoisotopic (exact) mass is 480 g/mol. The summed E-state index contributed by atoms with van der Waals surface area (Å²) in [7, 11) is 3.23. The predicted molar refractivity (Wildman–Crippen MR) is 136 cm³/mol. The van der Waals surface area contributed by atoms with E-state index in [2.05, 4.69) is 16.3 Å². The van der Waals surface area contributed by atoms with Crippen LogP contribution in [-0.2, 0) is 4.74 Å². The van der Waals surface area contributed by atoms with Gasteiger partial charge in [0.1, 0.15) is 17.4 Å². The van der Waals surface area contributed by atoms with Crippen LogP contribution in [0.15, 0.2) is 65.3 Å². The van der Waals surface area contributed by atoms with Crippen LogP contribution >= 0.6 is 0 Å². The Balaban J connectivity index is 1.74. The van der Waals surface area contributed by atoms with Gasteiger partial charge in [-0.15, -0.1) is 0 Å². The molecule has 0 bridgehead atoms. The van der Waals surface area contributed by atoms with Gasteiger partial charge in [0.25, 0.3) is 0 Å². The second-order valence-corrected chi connectivity index (χ2v) is 8.79. The third-order valence-electron chi connectivity index (χ3n) is 6.43. The summed E-state index contributed by atoms with van der Waals surface area (Å²) in [5, 5.41) is 13.2. The number of amidine groups is 1. The standard InChI is InChI=1S/C27H33FN4O3/c1-34-17-24(29)26(19-7-11-23(35-2)12-8-19)27-30-21(15-32-13-3-4-22(32)16-33)14-25(31-27)18-5-9-20(28)10-6-18/h5-12,14,21-22,33H,3-4,13,15-17,29H2,1-2H3,(H,30,31)/t21?,22-/m0/s1. The molecular weight excluding hydrogens is 447 g/mol. The van der Waals surface area contributed by atoms with Gasteiger partial charge in [0.05, 0.1) is 26.4 Å². The average Bonchev–Trinajstić information content (AvgIpc) is 3.32. The van der Waals surface area contributed by atoms with Crippen molar-refractivity contribution in [3.8, 4) is 5.75 Å². The lowest BCUT2D eigenvalue weighted by Crippen LogP contribution is -2.40. The fourth-order valence-electron chi connectivity index (χ4n) is 4.66. The molecule has 8 heteroatoms.